The van der Waals surface area contributed by atoms with Crippen LogP contribution >= 0.6 is 11.3 Å². The van der Waals surface area contributed by atoms with Gasteiger partial charge in [0.25, 0.3) is 11.8 Å². The Morgan fingerprint density at radius 2 is 1.71 bits per heavy atom. The van der Waals surface area contributed by atoms with Gasteiger partial charge in [-0.1, -0.05) is 6.07 Å². The van der Waals surface area contributed by atoms with Crippen molar-refractivity contribution < 1.29 is 27.5 Å². The Bertz CT molecular complexity index is 1130. The Labute approximate surface area is 178 Å². The average Bonchev–Trinajstić information content (AvgIpc) is 3.32. The number of carbonyl (C=O) groups excluding carboxylic acids is 2. The van der Waals surface area contributed by atoms with E-state index in [4.69, 9.17) is 0 Å². The number of nitrogens with zero attached hydrogens (tertiary/aromatic N) is 2. The van der Waals surface area contributed by atoms with Gasteiger partial charge in [-0.25, -0.2) is 0 Å². The second-order valence-corrected chi connectivity index (χ2v) is 7.42. The highest BCUT2D eigenvalue weighted by molar-refractivity contribution is 7.11. The largest absolute Gasteiger partial charge is 0.573 e. The SMILES string of the molecule is O=C1C(Nc2ccc(OC(F)(F)F)cc2)=C(c2cccs2)C(=O)N1Cc1ccncc1. The van der Waals surface area contributed by atoms with Crippen LogP contribution in [0.25, 0.3) is 5.57 Å². The molecule has 31 heavy (non-hydrogen) atoms. The lowest BCUT2D eigenvalue weighted by Gasteiger charge is -2.15. The molecule has 10 heteroatoms. The summed E-state index contributed by atoms with van der Waals surface area (Å²) in [6.45, 7) is 0.0681. The van der Waals surface area contributed by atoms with Crippen LogP contribution in [-0.4, -0.2) is 28.1 Å². The Hall–Kier alpha value is -3.66. The van der Waals surface area contributed by atoms with Crippen LogP contribution in [0, 0.1) is 0 Å². The number of carbonyl (C=O) groups is 2. The van der Waals surface area contributed by atoms with E-state index < -0.39 is 23.9 Å². The van der Waals surface area contributed by atoms with Crippen molar-refractivity contribution in [3.8, 4) is 5.75 Å². The number of amides is 2. The van der Waals surface area contributed by atoms with Crippen LogP contribution < -0.4 is 10.1 Å². The van der Waals surface area contributed by atoms with Crippen LogP contribution in [-0.2, 0) is 16.1 Å². The zero-order valence-electron chi connectivity index (χ0n) is 15.7. The summed E-state index contributed by atoms with van der Waals surface area (Å²) in [5, 5.41) is 4.67. The van der Waals surface area contributed by atoms with Gasteiger partial charge < -0.3 is 10.1 Å². The van der Waals surface area contributed by atoms with Gasteiger partial charge in [-0.05, 0) is 53.4 Å². The predicted molar refractivity (Wildman–Crippen MR) is 108 cm³/mol. The highest BCUT2D eigenvalue weighted by Crippen LogP contribution is 2.34. The number of nitrogens with one attached hydrogen (secondary N) is 1. The Kier molecular flexibility index (Phi) is 5.47. The number of benzene rings is 1. The molecule has 4 rings (SSSR count). The van der Waals surface area contributed by atoms with Crippen molar-refractivity contribution >= 4 is 34.4 Å². The topological polar surface area (TPSA) is 71.5 Å². The van der Waals surface area contributed by atoms with Crippen molar-refractivity contribution in [1.29, 1.82) is 0 Å². The number of ether oxygens (including phenoxy) is 1. The van der Waals surface area contributed by atoms with Crippen LogP contribution in [0.3, 0.4) is 0 Å². The number of imide groups is 1. The molecular formula is C21H14F3N3O3S. The molecule has 3 aromatic rings. The Balaban J connectivity index is 1.63. The molecule has 1 aliphatic rings. The molecule has 2 amide bonds. The van der Waals surface area contributed by atoms with Gasteiger partial charge in [0, 0.05) is 23.0 Å². The minimum Gasteiger partial charge on any atom is -0.406 e. The van der Waals surface area contributed by atoms with E-state index in [1.807, 2.05) is 0 Å². The van der Waals surface area contributed by atoms with Crippen LogP contribution in [0.5, 0.6) is 5.75 Å². The Morgan fingerprint density at radius 3 is 2.32 bits per heavy atom. The second kappa shape index (κ2) is 8.23. The molecule has 0 spiro atoms. The number of pyridine rings is 1. The molecule has 0 atom stereocenters. The van der Waals surface area contributed by atoms with E-state index in [9.17, 15) is 22.8 Å². The van der Waals surface area contributed by atoms with Crippen molar-refractivity contribution in [2.24, 2.45) is 0 Å². The monoisotopic (exact) mass is 445 g/mol. The maximum atomic E-state index is 13.1. The highest BCUT2D eigenvalue weighted by Gasteiger charge is 2.39. The fraction of sp³-hybridized carbons (Fsp3) is 0.0952. The number of alkyl halides is 3. The average molecular weight is 445 g/mol. The third kappa shape index (κ3) is 4.58. The summed E-state index contributed by atoms with van der Waals surface area (Å²) in [6.07, 6.45) is -1.67. The molecule has 0 radical (unpaired) electrons. The molecule has 0 saturated carbocycles. The van der Waals surface area contributed by atoms with Gasteiger partial charge in [-0.2, -0.15) is 0 Å². The molecule has 6 nitrogen and oxygen atoms in total. The zero-order chi connectivity index (χ0) is 22.0. The molecule has 0 bridgehead atoms. The first-order chi connectivity index (χ1) is 14.8. The molecule has 0 fully saturated rings. The van der Waals surface area contributed by atoms with Crippen LogP contribution in [0.15, 0.2) is 72.0 Å². The second-order valence-electron chi connectivity index (χ2n) is 6.48. The van der Waals surface area contributed by atoms with Crippen molar-refractivity contribution in [2.45, 2.75) is 12.9 Å². The molecule has 3 heterocycles. The van der Waals surface area contributed by atoms with E-state index in [-0.39, 0.29) is 17.8 Å². The van der Waals surface area contributed by atoms with Crippen LogP contribution in [0.4, 0.5) is 18.9 Å². The zero-order valence-corrected chi connectivity index (χ0v) is 16.5. The van der Waals surface area contributed by atoms with E-state index >= 15 is 0 Å². The molecule has 1 aliphatic heterocycles. The summed E-state index contributed by atoms with van der Waals surface area (Å²) in [7, 11) is 0. The number of hydrogen-bond acceptors (Lipinski definition) is 6. The maximum absolute atomic E-state index is 13.1. The minimum absolute atomic E-state index is 0.0611. The first-order valence-electron chi connectivity index (χ1n) is 8.98. The van der Waals surface area contributed by atoms with E-state index in [0.29, 0.717) is 10.6 Å². The number of thiophene rings is 1. The quantitative estimate of drug-likeness (QED) is 0.569. The smallest absolute Gasteiger partial charge is 0.406 e. The lowest BCUT2D eigenvalue weighted by Crippen LogP contribution is -2.31. The molecule has 2 aromatic heterocycles. The van der Waals surface area contributed by atoms with Crippen LogP contribution in [0.1, 0.15) is 10.4 Å². The first kappa shape index (κ1) is 20.6. The van der Waals surface area contributed by atoms with Gasteiger partial charge >= 0.3 is 6.36 Å². The summed E-state index contributed by atoms with van der Waals surface area (Å²) in [5.41, 5.74) is 1.35. The van der Waals surface area contributed by atoms with Gasteiger partial charge in [-0.3, -0.25) is 19.5 Å². The summed E-state index contributed by atoms with van der Waals surface area (Å²) in [5.74, 6) is -1.37. The number of hydrogen-bond donors (Lipinski definition) is 1. The lowest BCUT2D eigenvalue weighted by molar-refractivity contribution is -0.274. The number of rotatable bonds is 6. The van der Waals surface area contributed by atoms with Gasteiger partial charge in [0.2, 0.25) is 0 Å². The highest BCUT2D eigenvalue weighted by atomic mass is 32.1. The maximum Gasteiger partial charge on any atom is 0.573 e. The molecule has 0 saturated heterocycles. The predicted octanol–water partition coefficient (Wildman–Crippen LogP) is 4.43. The van der Waals surface area contributed by atoms with Gasteiger partial charge in [0.15, 0.2) is 0 Å². The molecule has 0 unspecified atom stereocenters. The lowest BCUT2D eigenvalue weighted by atomic mass is 10.2. The van der Waals surface area contributed by atoms with Gasteiger partial charge in [0.1, 0.15) is 11.4 Å². The third-order valence-electron chi connectivity index (χ3n) is 4.38. The number of anilines is 1. The third-order valence-corrected chi connectivity index (χ3v) is 5.27. The van der Waals surface area contributed by atoms with Crippen molar-refractivity contribution in [2.75, 3.05) is 5.32 Å². The summed E-state index contributed by atoms with van der Waals surface area (Å²) in [4.78, 5) is 31.8. The summed E-state index contributed by atoms with van der Waals surface area (Å²) >= 11 is 1.30. The van der Waals surface area contributed by atoms with Crippen molar-refractivity contribution in [3.63, 3.8) is 0 Å². The van der Waals surface area contributed by atoms with E-state index in [1.54, 1.807) is 42.0 Å². The fourth-order valence-electron chi connectivity index (χ4n) is 3.04. The molecule has 1 aromatic carbocycles. The van der Waals surface area contributed by atoms with E-state index in [1.165, 1.54) is 23.5 Å². The molecule has 158 valence electrons. The Morgan fingerprint density at radius 1 is 1.00 bits per heavy atom. The molecule has 1 N–H and O–H groups in total. The van der Waals surface area contributed by atoms with E-state index in [0.717, 1.165) is 22.6 Å². The number of halogens is 3. The van der Waals surface area contributed by atoms with Crippen molar-refractivity contribution in [3.05, 3.63) is 82.4 Å². The molecule has 0 aliphatic carbocycles. The number of aromatic nitrogens is 1. The van der Waals surface area contributed by atoms with Gasteiger partial charge in [0.05, 0.1) is 12.1 Å². The summed E-state index contributed by atoms with van der Waals surface area (Å²) < 4.78 is 40.9. The standard InChI is InChI=1S/C21H14F3N3O3S/c22-21(23,24)30-15-5-3-14(4-6-15)26-18-17(16-2-1-11-31-16)19(28)27(20(18)29)12-13-7-9-25-10-8-13/h1-11,26H,12H2. The van der Waals surface area contributed by atoms with E-state index in [2.05, 4.69) is 15.0 Å². The molecular weight excluding hydrogens is 431 g/mol. The minimum atomic E-state index is -4.80. The van der Waals surface area contributed by atoms with Crippen LogP contribution in [0.2, 0.25) is 0 Å². The van der Waals surface area contributed by atoms with Crippen molar-refractivity contribution in [1.82, 2.24) is 9.88 Å². The normalized spacial score (nSPS) is 14.4. The fourth-order valence-corrected chi connectivity index (χ4v) is 3.81. The van der Waals surface area contributed by atoms with Gasteiger partial charge in [-0.15, -0.1) is 24.5 Å². The first-order valence-corrected chi connectivity index (χ1v) is 9.86. The summed E-state index contributed by atoms with van der Waals surface area (Å²) in [6, 6.07) is 11.8.